The molecule has 0 saturated carbocycles. The van der Waals surface area contributed by atoms with E-state index in [0.717, 1.165) is 5.56 Å². The second-order valence-electron chi connectivity index (χ2n) is 3.71. The first kappa shape index (κ1) is 12.6. The van der Waals surface area contributed by atoms with Crippen LogP contribution in [0.3, 0.4) is 0 Å². The molecule has 1 aliphatic heterocycles. The summed E-state index contributed by atoms with van der Waals surface area (Å²) in [6.07, 6.45) is 1.06. The van der Waals surface area contributed by atoms with Crippen molar-refractivity contribution < 1.29 is 14.3 Å². The number of pyridine rings is 1. The maximum atomic E-state index is 11.7. The quantitative estimate of drug-likeness (QED) is 0.779. The highest BCUT2D eigenvalue weighted by Crippen LogP contribution is 2.14. The first-order valence-electron chi connectivity index (χ1n) is 5.47. The fraction of sp³-hybridized carbons (Fsp3) is 0.364. The van der Waals surface area contributed by atoms with Crippen molar-refractivity contribution in [1.29, 1.82) is 0 Å². The molecular formula is C11H12ClN3O3. The summed E-state index contributed by atoms with van der Waals surface area (Å²) in [5, 5.41) is 3.01. The number of hydrazine groups is 1. The molecule has 1 aliphatic rings. The van der Waals surface area contributed by atoms with Gasteiger partial charge in [0.05, 0.1) is 6.54 Å². The molecule has 18 heavy (non-hydrogen) atoms. The Labute approximate surface area is 109 Å². The van der Waals surface area contributed by atoms with Crippen LogP contribution in [0, 0.1) is 0 Å². The molecule has 0 aliphatic carbocycles. The van der Waals surface area contributed by atoms with E-state index in [-0.39, 0.29) is 19.1 Å². The van der Waals surface area contributed by atoms with Crippen molar-refractivity contribution in [2.45, 2.75) is 13.5 Å². The normalized spacial score (nSPS) is 15.9. The Morgan fingerprint density at radius 3 is 2.78 bits per heavy atom. The van der Waals surface area contributed by atoms with Crippen LogP contribution in [0.15, 0.2) is 18.3 Å². The van der Waals surface area contributed by atoms with Crippen LogP contribution >= 0.6 is 11.6 Å². The Morgan fingerprint density at radius 1 is 1.39 bits per heavy atom. The van der Waals surface area contributed by atoms with Crippen molar-refractivity contribution in [3.63, 3.8) is 0 Å². The predicted molar refractivity (Wildman–Crippen MR) is 63.5 cm³/mol. The smallest absolute Gasteiger partial charge is 0.429 e. The highest BCUT2D eigenvalue weighted by Gasteiger charge is 2.31. The van der Waals surface area contributed by atoms with Crippen LogP contribution in [0.1, 0.15) is 12.5 Å². The third kappa shape index (κ3) is 2.53. The van der Waals surface area contributed by atoms with Crippen LogP contribution < -0.4 is 0 Å². The van der Waals surface area contributed by atoms with Crippen molar-refractivity contribution in [3.8, 4) is 0 Å². The summed E-state index contributed by atoms with van der Waals surface area (Å²) in [5.74, 6) is -0.258. The van der Waals surface area contributed by atoms with Crippen LogP contribution in [0.2, 0.25) is 5.15 Å². The van der Waals surface area contributed by atoms with Gasteiger partial charge in [-0.05, 0) is 18.6 Å². The fourth-order valence-electron chi connectivity index (χ4n) is 1.65. The molecule has 0 unspecified atom stereocenters. The molecule has 1 saturated heterocycles. The minimum atomic E-state index is -0.515. The number of hydrogen-bond acceptors (Lipinski definition) is 4. The summed E-state index contributed by atoms with van der Waals surface area (Å²) in [6, 6.07) is 3.40. The monoisotopic (exact) mass is 269 g/mol. The lowest BCUT2D eigenvalue weighted by Gasteiger charge is -2.36. The Bertz CT molecular complexity index is 463. The van der Waals surface area contributed by atoms with Crippen molar-refractivity contribution in [2.24, 2.45) is 0 Å². The summed E-state index contributed by atoms with van der Waals surface area (Å²) in [7, 11) is 0. The average Bonchev–Trinajstić information content (AvgIpc) is 2.37. The maximum Gasteiger partial charge on any atom is 0.429 e. The van der Waals surface area contributed by atoms with E-state index in [1.807, 2.05) is 0 Å². The van der Waals surface area contributed by atoms with Gasteiger partial charge in [0.2, 0.25) is 0 Å². The number of carbonyl (C=O) groups is 2. The van der Waals surface area contributed by atoms with Gasteiger partial charge in [0.1, 0.15) is 5.15 Å². The van der Waals surface area contributed by atoms with Crippen LogP contribution in [0.5, 0.6) is 0 Å². The highest BCUT2D eigenvalue weighted by atomic mass is 35.5. The second kappa shape index (κ2) is 5.22. The molecule has 1 aromatic rings. The van der Waals surface area contributed by atoms with Gasteiger partial charge < -0.3 is 4.74 Å². The third-order valence-electron chi connectivity index (χ3n) is 2.53. The van der Waals surface area contributed by atoms with Gasteiger partial charge >= 0.3 is 6.09 Å². The Hall–Kier alpha value is -1.82. The molecule has 0 aromatic carbocycles. The Kier molecular flexibility index (Phi) is 3.66. The first-order valence-corrected chi connectivity index (χ1v) is 5.84. The molecule has 0 N–H and O–H groups in total. The predicted octanol–water partition coefficient (Wildman–Crippen LogP) is 1.45. The number of amides is 2. The summed E-state index contributed by atoms with van der Waals surface area (Å²) in [4.78, 5) is 27.2. The van der Waals surface area contributed by atoms with Gasteiger partial charge in [0.15, 0.2) is 6.61 Å². The van der Waals surface area contributed by atoms with E-state index in [1.54, 1.807) is 25.3 Å². The minimum Gasteiger partial charge on any atom is -0.438 e. The van der Waals surface area contributed by atoms with Gasteiger partial charge in [-0.1, -0.05) is 17.7 Å². The lowest BCUT2D eigenvalue weighted by molar-refractivity contribution is -0.160. The van der Waals surface area contributed by atoms with E-state index in [9.17, 15) is 9.59 Å². The average molecular weight is 270 g/mol. The Balaban J connectivity index is 2.16. The number of ether oxygens (including phenoxy) is 1. The van der Waals surface area contributed by atoms with E-state index in [0.29, 0.717) is 11.7 Å². The first-order chi connectivity index (χ1) is 8.61. The molecule has 2 rings (SSSR count). The minimum absolute atomic E-state index is 0.226. The zero-order chi connectivity index (χ0) is 13.1. The third-order valence-corrected chi connectivity index (χ3v) is 2.75. The standard InChI is InChI=1S/C11H12ClN3O3/c1-2-14-11(17)18-7-10(16)15(14)6-8-3-4-9(12)13-5-8/h3-5H,2,6-7H2,1H3. The van der Waals surface area contributed by atoms with Gasteiger partial charge in [-0.25, -0.2) is 19.8 Å². The molecule has 96 valence electrons. The van der Waals surface area contributed by atoms with Crippen LogP contribution in [0.4, 0.5) is 4.79 Å². The number of cyclic esters (lactones) is 1. The molecule has 1 fully saturated rings. The topological polar surface area (TPSA) is 62.7 Å². The molecule has 2 heterocycles. The summed E-state index contributed by atoms with van der Waals surface area (Å²) in [5.41, 5.74) is 0.793. The van der Waals surface area contributed by atoms with Crippen LogP contribution in [0.25, 0.3) is 0 Å². The highest BCUT2D eigenvalue weighted by molar-refractivity contribution is 6.29. The summed E-state index contributed by atoms with van der Waals surface area (Å²) >= 11 is 5.69. The zero-order valence-corrected chi connectivity index (χ0v) is 10.6. The molecule has 0 radical (unpaired) electrons. The summed E-state index contributed by atoms with van der Waals surface area (Å²) < 4.78 is 4.74. The van der Waals surface area contributed by atoms with E-state index >= 15 is 0 Å². The van der Waals surface area contributed by atoms with Crippen LogP contribution in [-0.4, -0.2) is 40.2 Å². The number of carbonyl (C=O) groups excluding carboxylic acids is 2. The number of hydrogen-bond donors (Lipinski definition) is 0. The number of halogens is 1. The molecule has 6 nitrogen and oxygen atoms in total. The molecule has 2 amide bonds. The molecule has 0 bridgehead atoms. The van der Waals surface area contributed by atoms with Gasteiger partial charge in [-0.3, -0.25) is 4.79 Å². The van der Waals surface area contributed by atoms with Crippen molar-refractivity contribution in [2.75, 3.05) is 13.2 Å². The number of rotatable bonds is 3. The zero-order valence-electron chi connectivity index (χ0n) is 9.80. The van der Waals surface area contributed by atoms with E-state index in [2.05, 4.69) is 4.98 Å². The van der Waals surface area contributed by atoms with Crippen molar-refractivity contribution in [1.82, 2.24) is 15.0 Å². The molecular weight excluding hydrogens is 258 g/mol. The summed E-state index contributed by atoms with van der Waals surface area (Å²) in [6.45, 7) is 2.18. The molecule has 0 spiro atoms. The van der Waals surface area contributed by atoms with Crippen molar-refractivity contribution in [3.05, 3.63) is 29.0 Å². The maximum absolute atomic E-state index is 11.7. The molecule has 7 heteroatoms. The van der Waals surface area contributed by atoms with Crippen molar-refractivity contribution >= 4 is 23.6 Å². The van der Waals surface area contributed by atoms with E-state index < -0.39 is 6.09 Å². The van der Waals surface area contributed by atoms with Gasteiger partial charge in [-0.15, -0.1) is 0 Å². The van der Waals surface area contributed by atoms with E-state index in [1.165, 1.54) is 10.0 Å². The van der Waals surface area contributed by atoms with E-state index in [4.69, 9.17) is 16.3 Å². The second-order valence-corrected chi connectivity index (χ2v) is 4.10. The number of aromatic nitrogens is 1. The Morgan fingerprint density at radius 2 is 2.17 bits per heavy atom. The lowest BCUT2D eigenvalue weighted by Crippen LogP contribution is -2.55. The van der Waals surface area contributed by atoms with Gasteiger partial charge in [0.25, 0.3) is 5.91 Å². The van der Waals surface area contributed by atoms with Gasteiger partial charge in [-0.2, -0.15) is 0 Å². The molecule has 0 atom stereocenters. The SMILES string of the molecule is CCN1C(=O)OCC(=O)N1Cc1ccc(Cl)nc1. The largest absolute Gasteiger partial charge is 0.438 e. The fourth-order valence-corrected chi connectivity index (χ4v) is 1.76. The lowest BCUT2D eigenvalue weighted by atomic mass is 10.3. The molecule has 1 aromatic heterocycles. The number of nitrogens with zero attached hydrogens (tertiary/aromatic N) is 3. The van der Waals surface area contributed by atoms with Crippen LogP contribution in [-0.2, 0) is 16.1 Å². The van der Waals surface area contributed by atoms with Gasteiger partial charge in [0, 0.05) is 12.7 Å².